The summed E-state index contributed by atoms with van der Waals surface area (Å²) in [6.45, 7) is 1.12. The lowest BCUT2D eigenvalue weighted by molar-refractivity contribution is 0.413. The Balaban J connectivity index is 2.44. The summed E-state index contributed by atoms with van der Waals surface area (Å²) in [6.07, 6.45) is 2.40. The smallest absolute Gasteiger partial charge is 0.119 e. The largest absolute Gasteiger partial charge is 0.497 e. The highest BCUT2D eigenvalue weighted by Gasteiger charge is 2.20. The van der Waals surface area contributed by atoms with Gasteiger partial charge in [0.25, 0.3) is 0 Å². The van der Waals surface area contributed by atoms with Crippen LogP contribution in [-0.4, -0.2) is 27.7 Å². The van der Waals surface area contributed by atoms with Crippen molar-refractivity contribution in [2.45, 2.75) is 18.9 Å². The highest BCUT2D eigenvalue weighted by Crippen LogP contribution is 2.34. The molecule has 3 nitrogen and oxygen atoms in total. The molecule has 1 aromatic rings. The van der Waals surface area contributed by atoms with Gasteiger partial charge in [0.05, 0.1) is 7.11 Å². The van der Waals surface area contributed by atoms with Gasteiger partial charge in [0, 0.05) is 25.3 Å². The molecular formula is C13H20N2O. The Morgan fingerprint density at radius 3 is 2.94 bits per heavy atom. The zero-order valence-electron chi connectivity index (χ0n) is 10.3. The number of ether oxygens (including phenoxy) is 1. The van der Waals surface area contributed by atoms with Crippen LogP contribution in [0.3, 0.4) is 0 Å². The van der Waals surface area contributed by atoms with Crippen LogP contribution in [0.1, 0.15) is 24.4 Å². The summed E-state index contributed by atoms with van der Waals surface area (Å²) in [5.41, 5.74) is 2.67. The van der Waals surface area contributed by atoms with E-state index in [0.717, 1.165) is 12.3 Å². The minimum absolute atomic E-state index is 0.440. The molecule has 0 aromatic heterocycles. The van der Waals surface area contributed by atoms with Gasteiger partial charge in [0.1, 0.15) is 5.75 Å². The lowest BCUT2D eigenvalue weighted by Crippen LogP contribution is -2.18. The first-order valence-corrected chi connectivity index (χ1v) is 5.82. The molecule has 3 heteroatoms. The lowest BCUT2D eigenvalue weighted by atomic mass is 10.0. The fraction of sp³-hybridized carbons (Fsp3) is 0.538. The minimum Gasteiger partial charge on any atom is -0.497 e. The van der Waals surface area contributed by atoms with E-state index in [2.05, 4.69) is 29.4 Å². The number of nitrogens with one attached hydrogen (secondary N) is 1. The number of nitrogens with zero attached hydrogens (tertiary/aromatic N) is 1. The molecular weight excluding hydrogens is 200 g/mol. The zero-order chi connectivity index (χ0) is 11.5. The first-order valence-electron chi connectivity index (χ1n) is 5.82. The van der Waals surface area contributed by atoms with Gasteiger partial charge in [-0.2, -0.15) is 0 Å². The maximum atomic E-state index is 5.30. The number of hydrogen-bond acceptors (Lipinski definition) is 3. The molecule has 0 radical (unpaired) electrons. The third kappa shape index (κ3) is 2.00. The van der Waals surface area contributed by atoms with Crippen LogP contribution in [0.25, 0.3) is 0 Å². The van der Waals surface area contributed by atoms with E-state index in [-0.39, 0.29) is 0 Å². The van der Waals surface area contributed by atoms with Gasteiger partial charge in [0.2, 0.25) is 0 Å². The molecule has 0 fully saturated rings. The average Bonchev–Trinajstić information content (AvgIpc) is 2.48. The fourth-order valence-electron chi connectivity index (χ4n) is 2.39. The summed E-state index contributed by atoms with van der Waals surface area (Å²) in [5.74, 6) is 0.939. The van der Waals surface area contributed by atoms with E-state index >= 15 is 0 Å². The Morgan fingerprint density at radius 2 is 2.25 bits per heavy atom. The first-order chi connectivity index (χ1) is 7.76. The van der Waals surface area contributed by atoms with Gasteiger partial charge in [-0.1, -0.05) is 0 Å². The number of rotatable bonds is 2. The van der Waals surface area contributed by atoms with Crippen LogP contribution in [-0.2, 0) is 0 Å². The third-order valence-electron chi connectivity index (χ3n) is 3.36. The predicted molar refractivity (Wildman–Crippen MR) is 67.3 cm³/mol. The molecule has 1 heterocycles. The molecule has 1 aromatic carbocycles. The van der Waals surface area contributed by atoms with Crippen molar-refractivity contribution in [3.05, 3.63) is 23.8 Å². The summed E-state index contributed by atoms with van der Waals surface area (Å²) in [7, 11) is 5.90. The standard InChI is InChI=1S/C13H20N2O/c1-14-12-5-4-8-15(2)13-7-6-10(16-3)9-11(12)13/h6-7,9,12,14H,4-5,8H2,1-3H3. The van der Waals surface area contributed by atoms with E-state index in [4.69, 9.17) is 4.74 Å². The van der Waals surface area contributed by atoms with Gasteiger partial charge in [-0.25, -0.2) is 0 Å². The number of methoxy groups -OCH3 is 1. The summed E-state index contributed by atoms with van der Waals surface area (Å²) in [4.78, 5) is 2.33. The van der Waals surface area contributed by atoms with Crippen LogP contribution < -0.4 is 15.0 Å². The zero-order valence-corrected chi connectivity index (χ0v) is 10.3. The van der Waals surface area contributed by atoms with Crippen LogP contribution in [0.5, 0.6) is 5.75 Å². The normalized spacial score (nSPS) is 20.2. The molecule has 1 N–H and O–H groups in total. The quantitative estimate of drug-likeness (QED) is 0.827. The number of benzene rings is 1. The molecule has 1 unspecified atom stereocenters. The van der Waals surface area contributed by atoms with Crippen molar-refractivity contribution in [2.75, 3.05) is 32.6 Å². The van der Waals surface area contributed by atoms with Crippen LogP contribution in [0.2, 0.25) is 0 Å². The molecule has 0 amide bonds. The second-order valence-electron chi connectivity index (χ2n) is 4.33. The second-order valence-corrected chi connectivity index (χ2v) is 4.33. The lowest BCUT2D eigenvalue weighted by Gasteiger charge is -2.22. The van der Waals surface area contributed by atoms with Crippen LogP contribution in [0.4, 0.5) is 5.69 Å². The predicted octanol–water partition coefficient (Wildman–Crippen LogP) is 2.19. The molecule has 1 aliphatic rings. The second kappa shape index (κ2) is 4.74. The number of hydrogen-bond donors (Lipinski definition) is 1. The van der Waals surface area contributed by atoms with Gasteiger partial charge in [-0.15, -0.1) is 0 Å². The van der Waals surface area contributed by atoms with Gasteiger partial charge in [-0.3, -0.25) is 0 Å². The summed E-state index contributed by atoms with van der Waals surface area (Å²) < 4.78 is 5.30. The van der Waals surface area contributed by atoms with Crippen molar-refractivity contribution in [3.8, 4) is 5.75 Å². The summed E-state index contributed by atoms with van der Waals surface area (Å²) in [5, 5.41) is 3.39. The Hall–Kier alpha value is -1.22. The van der Waals surface area contributed by atoms with E-state index in [1.54, 1.807) is 7.11 Å². The van der Waals surface area contributed by atoms with Crippen molar-refractivity contribution in [1.82, 2.24) is 5.32 Å². The van der Waals surface area contributed by atoms with E-state index < -0.39 is 0 Å². The highest BCUT2D eigenvalue weighted by molar-refractivity contribution is 5.58. The molecule has 0 spiro atoms. The Bertz CT molecular complexity index is 365. The van der Waals surface area contributed by atoms with Gasteiger partial charge in [0.15, 0.2) is 0 Å². The molecule has 0 aliphatic carbocycles. The van der Waals surface area contributed by atoms with Crippen molar-refractivity contribution >= 4 is 5.69 Å². The van der Waals surface area contributed by atoms with E-state index in [1.807, 2.05) is 13.1 Å². The SMILES string of the molecule is CNC1CCCN(C)c2ccc(OC)cc21. The maximum absolute atomic E-state index is 5.30. The third-order valence-corrected chi connectivity index (χ3v) is 3.36. The van der Waals surface area contributed by atoms with Gasteiger partial charge >= 0.3 is 0 Å². The highest BCUT2D eigenvalue weighted by atomic mass is 16.5. The topological polar surface area (TPSA) is 24.5 Å². The van der Waals surface area contributed by atoms with Crippen LogP contribution in [0.15, 0.2) is 18.2 Å². The van der Waals surface area contributed by atoms with Crippen molar-refractivity contribution in [2.24, 2.45) is 0 Å². The number of anilines is 1. The van der Waals surface area contributed by atoms with Gasteiger partial charge < -0.3 is 15.0 Å². The fourth-order valence-corrected chi connectivity index (χ4v) is 2.39. The summed E-state index contributed by atoms with van der Waals surface area (Å²) in [6, 6.07) is 6.78. The summed E-state index contributed by atoms with van der Waals surface area (Å²) >= 11 is 0. The molecule has 0 saturated carbocycles. The first kappa shape index (κ1) is 11.3. The molecule has 0 saturated heterocycles. The minimum atomic E-state index is 0.440. The molecule has 2 rings (SSSR count). The van der Waals surface area contributed by atoms with Crippen LogP contribution in [0, 0.1) is 0 Å². The van der Waals surface area contributed by atoms with E-state index in [9.17, 15) is 0 Å². The molecule has 88 valence electrons. The van der Waals surface area contributed by atoms with E-state index in [1.165, 1.54) is 24.1 Å². The van der Waals surface area contributed by atoms with Gasteiger partial charge in [-0.05, 0) is 43.7 Å². The monoisotopic (exact) mass is 220 g/mol. The van der Waals surface area contributed by atoms with Crippen molar-refractivity contribution in [1.29, 1.82) is 0 Å². The van der Waals surface area contributed by atoms with Crippen molar-refractivity contribution < 1.29 is 4.74 Å². The van der Waals surface area contributed by atoms with Crippen LogP contribution >= 0.6 is 0 Å². The Kier molecular flexibility index (Phi) is 3.34. The van der Waals surface area contributed by atoms with E-state index in [0.29, 0.717) is 6.04 Å². The maximum Gasteiger partial charge on any atom is 0.119 e. The molecule has 1 aliphatic heterocycles. The average molecular weight is 220 g/mol. The molecule has 1 atom stereocenters. The van der Waals surface area contributed by atoms with Crippen molar-refractivity contribution in [3.63, 3.8) is 0 Å². The Morgan fingerprint density at radius 1 is 1.44 bits per heavy atom. The molecule has 16 heavy (non-hydrogen) atoms. The number of fused-ring (bicyclic) bond motifs is 1. The molecule has 0 bridgehead atoms. The Labute approximate surface area is 97.4 Å².